The fourth-order valence-corrected chi connectivity index (χ4v) is 3.31. The number of hydrogen-bond acceptors (Lipinski definition) is 6. The maximum absolute atomic E-state index is 14.5. The van der Waals surface area contributed by atoms with Crippen molar-refractivity contribution in [2.45, 2.75) is 12.0 Å². The molecule has 3 heterocycles. The van der Waals surface area contributed by atoms with Crippen molar-refractivity contribution in [2.24, 2.45) is 10.7 Å². The molecule has 2 N–H and O–H groups in total. The van der Waals surface area contributed by atoms with Crippen LogP contribution >= 0.6 is 0 Å². The Morgan fingerprint density at radius 2 is 1.93 bits per heavy atom. The van der Waals surface area contributed by atoms with Gasteiger partial charge in [0.15, 0.2) is 23.1 Å². The second-order valence-corrected chi connectivity index (χ2v) is 6.52. The van der Waals surface area contributed by atoms with Crippen LogP contribution in [0.25, 0.3) is 11.3 Å². The van der Waals surface area contributed by atoms with Gasteiger partial charge in [-0.1, -0.05) is 5.16 Å². The number of aromatic nitrogens is 2. The number of carbonyl (C=O) groups excluding carboxylic acids is 1. The molecule has 1 aliphatic rings. The molecule has 0 saturated heterocycles. The number of nitrogens with two attached hydrogens (primary N) is 1. The van der Waals surface area contributed by atoms with E-state index < -0.39 is 35.2 Å². The third-order valence-electron chi connectivity index (χ3n) is 4.82. The highest BCUT2D eigenvalue weighted by Gasteiger charge is 2.50. The smallest absolute Gasteiger partial charge is 0.280 e. The number of rotatable bonds is 4. The van der Waals surface area contributed by atoms with Gasteiger partial charge in [-0.15, -0.1) is 0 Å². The minimum Gasteiger partial charge on any atom is -0.369 e. The summed E-state index contributed by atoms with van der Waals surface area (Å²) in [4.78, 5) is 21.9. The van der Waals surface area contributed by atoms with Crippen LogP contribution in [-0.4, -0.2) is 34.0 Å². The first-order valence-corrected chi connectivity index (χ1v) is 8.54. The molecule has 1 atom stereocenters. The Balaban J connectivity index is 2.02. The van der Waals surface area contributed by atoms with Gasteiger partial charge in [-0.25, -0.2) is 22.6 Å². The largest absolute Gasteiger partial charge is 0.369 e. The average molecular weight is 419 g/mol. The lowest BCUT2D eigenvalue weighted by Crippen LogP contribution is -2.41. The highest BCUT2D eigenvalue weighted by Crippen LogP contribution is 2.42. The van der Waals surface area contributed by atoms with E-state index in [-0.39, 0.29) is 28.3 Å². The van der Waals surface area contributed by atoms with Crippen LogP contribution in [0.1, 0.15) is 23.2 Å². The number of nitrogens with zero attached hydrogens (tertiary/aromatic N) is 4. The summed E-state index contributed by atoms with van der Waals surface area (Å²) >= 11 is 0. The van der Waals surface area contributed by atoms with E-state index in [1.807, 2.05) is 0 Å². The Morgan fingerprint density at radius 3 is 2.53 bits per heavy atom. The normalized spacial score (nSPS) is 18.9. The van der Waals surface area contributed by atoms with Gasteiger partial charge in [-0.05, 0) is 35.4 Å². The number of alkyl halides is 2. The molecule has 0 radical (unpaired) electrons. The first kappa shape index (κ1) is 19.6. The summed E-state index contributed by atoms with van der Waals surface area (Å²) in [5, 5.41) is 3.59. The molecule has 30 heavy (non-hydrogen) atoms. The molecule has 0 spiro atoms. The van der Waals surface area contributed by atoms with Crippen molar-refractivity contribution in [1.82, 2.24) is 15.0 Å². The first-order valence-electron chi connectivity index (χ1n) is 8.54. The van der Waals surface area contributed by atoms with Gasteiger partial charge < -0.3 is 10.3 Å². The molecule has 2 aromatic heterocycles. The maximum Gasteiger partial charge on any atom is 0.280 e. The molecule has 0 bridgehead atoms. The van der Waals surface area contributed by atoms with Crippen molar-refractivity contribution in [1.29, 1.82) is 0 Å². The molecule has 7 nitrogen and oxygen atoms in total. The van der Waals surface area contributed by atoms with Gasteiger partial charge in [0.1, 0.15) is 17.7 Å². The highest BCUT2D eigenvalue weighted by molar-refractivity contribution is 6.09. The summed E-state index contributed by atoms with van der Waals surface area (Å²) in [6.07, 6.45) is -0.681. The van der Waals surface area contributed by atoms with Gasteiger partial charge in [0.25, 0.3) is 12.3 Å². The lowest BCUT2D eigenvalue weighted by Gasteiger charge is -2.27. The SMILES string of the molecule is CN1C(=O)C(c2ccnc(C(F)F)c2)(c2cc(F)c(F)c(-c3ccon3)c2)N=C1N. The molecule has 1 unspecified atom stereocenters. The number of guanidine groups is 1. The van der Waals surface area contributed by atoms with Gasteiger partial charge in [-0.3, -0.25) is 14.7 Å². The van der Waals surface area contributed by atoms with Gasteiger partial charge in [0, 0.05) is 24.9 Å². The molecule has 11 heteroatoms. The Labute approximate surface area is 166 Å². The fourth-order valence-electron chi connectivity index (χ4n) is 3.31. The van der Waals surface area contributed by atoms with E-state index in [4.69, 9.17) is 5.73 Å². The van der Waals surface area contributed by atoms with Crippen molar-refractivity contribution in [3.8, 4) is 11.3 Å². The minimum atomic E-state index is -2.92. The maximum atomic E-state index is 14.5. The Hall–Kier alpha value is -3.76. The third-order valence-corrected chi connectivity index (χ3v) is 4.82. The van der Waals surface area contributed by atoms with Crippen molar-refractivity contribution in [3.05, 3.63) is 71.2 Å². The quantitative estimate of drug-likeness (QED) is 0.656. The number of amides is 1. The van der Waals surface area contributed by atoms with Crippen molar-refractivity contribution < 1.29 is 26.9 Å². The van der Waals surface area contributed by atoms with Crippen LogP contribution in [0.2, 0.25) is 0 Å². The Morgan fingerprint density at radius 1 is 1.17 bits per heavy atom. The zero-order valence-corrected chi connectivity index (χ0v) is 15.3. The molecule has 1 aromatic carbocycles. The minimum absolute atomic E-state index is 0.0257. The molecular weight excluding hydrogens is 406 g/mol. The van der Waals surface area contributed by atoms with E-state index in [1.54, 1.807) is 0 Å². The third kappa shape index (κ3) is 2.81. The number of hydrogen-bond donors (Lipinski definition) is 1. The topological polar surface area (TPSA) is 97.6 Å². The molecule has 154 valence electrons. The van der Waals surface area contributed by atoms with Crippen LogP contribution < -0.4 is 5.73 Å². The summed E-state index contributed by atoms with van der Waals surface area (Å²) in [5.41, 5.74) is 2.72. The van der Waals surface area contributed by atoms with Crippen LogP contribution in [-0.2, 0) is 10.3 Å². The van der Waals surface area contributed by atoms with Gasteiger partial charge >= 0.3 is 0 Å². The number of halogens is 4. The summed E-state index contributed by atoms with van der Waals surface area (Å²) in [6.45, 7) is 0. The Bertz CT molecular complexity index is 1170. The van der Waals surface area contributed by atoms with E-state index in [0.717, 1.165) is 35.6 Å². The van der Waals surface area contributed by atoms with Crippen LogP contribution in [0.5, 0.6) is 0 Å². The van der Waals surface area contributed by atoms with E-state index >= 15 is 0 Å². The zero-order chi connectivity index (χ0) is 21.6. The van der Waals surface area contributed by atoms with E-state index in [2.05, 4.69) is 19.7 Å². The lowest BCUT2D eigenvalue weighted by molar-refractivity contribution is -0.129. The number of likely N-dealkylation sites (N-methyl/N-ethyl adjacent to an activating group) is 1. The molecule has 1 aliphatic heterocycles. The van der Waals surface area contributed by atoms with Crippen LogP contribution in [0.3, 0.4) is 0 Å². The van der Waals surface area contributed by atoms with Gasteiger partial charge in [0.2, 0.25) is 0 Å². The van der Waals surface area contributed by atoms with Gasteiger partial charge in [-0.2, -0.15) is 0 Å². The number of benzene rings is 1. The molecule has 0 saturated carbocycles. The molecular formula is C19H13F4N5O2. The van der Waals surface area contributed by atoms with Crippen LogP contribution in [0.15, 0.2) is 52.3 Å². The first-order chi connectivity index (χ1) is 14.3. The Kier molecular flexibility index (Phi) is 4.52. The lowest BCUT2D eigenvalue weighted by atomic mass is 9.82. The van der Waals surface area contributed by atoms with Crippen LogP contribution in [0, 0.1) is 11.6 Å². The molecule has 4 rings (SSSR count). The summed E-state index contributed by atoms with van der Waals surface area (Å²) in [7, 11) is 1.33. The van der Waals surface area contributed by atoms with Crippen molar-refractivity contribution >= 4 is 11.9 Å². The molecule has 0 fully saturated rings. The second kappa shape index (κ2) is 6.94. The van der Waals surface area contributed by atoms with Gasteiger partial charge in [0.05, 0.1) is 0 Å². The number of pyridine rings is 1. The summed E-state index contributed by atoms with van der Waals surface area (Å²) in [6, 6.07) is 5.50. The number of carbonyl (C=O) groups is 1. The van der Waals surface area contributed by atoms with Crippen molar-refractivity contribution in [3.63, 3.8) is 0 Å². The van der Waals surface area contributed by atoms with E-state index in [1.165, 1.54) is 19.2 Å². The summed E-state index contributed by atoms with van der Waals surface area (Å²) < 4.78 is 60.1. The zero-order valence-electron chi connectivity index (χ0n) is 15.3. The monoisotopic (exact) mass is 419 g/mol. The number of aliphatic imine (C=N–C) groups is 1. The predicted octanol–water partition coefficient (Wildman–Crippen LogP) is 2.98. The second-order valence-electron chi connectivity index (χ2n) is 6.52. The molecule has 0 aliphatic carbocycles. The van der Waals surface area contributed by atoms with Crippen molar-refractivity contribution in [2.75, 3.05) is 7.05 Å². The van der Waals surface area contributed by atoms with E-state index in [0.29, 0.717) is 0 Å². The molecule has 3 aromatic rings. The van der Waals surface area contributed by atoms with Crippen LogP contribution in [0.4, 0.5) is 17.6 Å². The van der Waals surface area contributed by atoms with E-state index in [9.17, 15) is 22.4 Å². The average Bonchev–Trinajstić information content (AvgIpc) is 3.34. The molecule has 1 amide bonds. The fraction of sp³-hybridized carbons (Fsp3) is 0.158. The standard InChI is InChI=1S/C19H13F4N5O2/c1-28-17(29)19(26-18(28)24,9-2-4-25-14(8-9)16(22)23)10-6-11(13-3-5-30-27-13)15(21)12(20)7-10/h2-8,16H,1H3,(H2,24,26). The summed E-state index contributed by atoms with van der Waals surface area (Å²) in [5.74, 6) is -3.46. The highest BCUT2D eigenvalue weighted by atomic mass is 19.3. The predicted molar refractivity (Wildman–Crippen MR) is 96.2 cm³/mol.